The van der Waals surface area contributed by atoms with E-state index in [0.29, 0.717) is 23.5 Å². The summed E-state index contributed by atoms with van der Waals surface area (Å²) < 4.78 is 28.6. The van der Waals surface area contributed by atoms with Gasteiger partial charge in [-0.3, -0.25) is 0 Å². The van der Waals surface area contributed by atoms with Gasteiger partial charge in [-0.15, -0.1) is 6.58 Å². The first-order valence-corrected chi connectivity index (χ1v) is 8.97. The molecule has 0 amide bonds. The number of allylic oxidation sites excluding steroid dienone is 1. The van der Waals surface area contributed by atoms with Crippen molar-refractivity contribution in [1.82, 2.24) is 0 Å². The van der Waals surface area contributed by atoms with Gasteiger partial charge in [0.2, 0.25) is 0 Å². The average molecular weight is 317 g/mol. The molecule has 112 valence electrons. The summed E-state index contributed by atoms with van der Waals surface area (Å²) in [4.78, 5) is 0.178. The molecule has 0 aliphatic heterocycles. The van der Waals surface area contributed by atoms with Crippen LogP contribution in [0.2, 0.25) is 0 Å². The second-order valence-corrected chi connectivity index (χ2v) is 7.31. The summed E-state index contributed by atoms with van der Waals surface area (Å²) in [5, 5.41) is 0. The Morgan fingerprint density at radius 3 is 2.30 bits per heavy atom. The van der Waals surface area contributed by atoms with E-state index in [9.17, 15) is 8.42 Å². The second kappa shape index (κ2) is 7.70. The van der Waals surface area contributed by atoms with E-state index in [1.807, 2.05) is 6.08 Å². The van der Waals surface area contributed by atoms with Crippen molar-refractivity contribution in [3.8, 4) is 5.75 Å². The molecule has 0 spiro atoms. The highest BCUT2D eigenvalue weighted by Gasteiger charge is 2.17. The Labute approximate surface area is 126 Å². The topological polar surface area (TPSA) is 43.4 Å². The third-order valence-corrected chi connectivity index (χ3v) is 4.59. The first kappa shape index (κ1) is 17.1. The first-order chi connectivity index (χ1) is 9.36. The molecule has 0 unspecified atom stereocenters. The van der Waals surface area contributed by atoms with Crippen LogP contribution in [-0.2, 0) is 9.05 Å². The quantitative estimate of drug-likeness (QED) is 0.406. The van der Waals surface area contributed by atoms with Crippen LogP contribution in [0.5, 0.6) is 5.75 Å². The Bertz CT molecular complexity index is 541. The highest BCUT2D eigenvalue weighted by molar-refractivity contribution is 8.13. The first-order valence-electron chi connectivity index (χ1n) is 6.66. The molecule has 0 saturated carbocycles. The molecule has 0 atom stereocenters. The molecule has 1 aromatic carbocycles. The van der Waals surface area contributed by atoms with Crippen molar-refractivity contribution < 1.29 is 13.2 Å². The number of rotatable bonds is 8. The van der Waals surface area contributed by atoms with Gasteiger partial charge in [-0.25, -0.2) is 8.42 Å². The van der Waals surface area contributed by atoms with Crippen molar-refractivity contribution in [3.05, 3.63) is 35.9 Å². The molecule has 3 nitrogen and oxygen atoms in total. The number of ether oxygens (including phenoxy) is 1. The largest absolute Gasteiger partial charge is 0.494 e. The standard InChI is InChI=1S/C15H21ClO3S/c1-4-5-6-7-8-9-19-14-10-12(2)15(13(3)11-14)20(16,17)18/h4,10-11H,1,5-9H2,2-3H3. The summed E-state index contributed by atoms with van der Waals surface area (Å²) in [6, 6.07) is 3.43. The summed E-state index contributed by atoms with van der Waals surface area (Å²) in [7, 11) is 1.71. The summed E-state index contributed by atoms with van der Waals surface area (Å²) >= 11 is 0. The zero-order valence-electron chi connectivity index (χ0n) is 12.0. The van der Waals surface area contributed by atoms with E-state index in [1.165, 1.54) is 0 Å². The zero-order valence-corrected chi connectivity index (χ0v) is 13.6. The lowest BCUT2D eigenvalue weighted by molar-refractivity contribution is 0.305. The van der Waals surface area contributed by atoms with Crippen LogP contribution in [0.4, 0.5) is 0 Å². The van der Waals surface area contributed by atoms with Gasteiger partial charge in [0.25, 0.3) is 9.05 Å². The maximum atomic E-state index is 11.5. The normalized spacial score (nSPS) is 11.3. The maximum Gasteiger partial charge on any atom is 0.261 e. The van der Waals surface area contributed by atoms with Gasteiger partial charge in [0.1, 0.15) is 5.75 Å². The van der Waals surface area contributed by atoms with Gasteiger partial charge in [0, 0.05) is 10.7 Å². The van der Waals surface area contributed by atoms with Gasteiger partial charge in [-0.2, -0.15) is 0 Å². The van der Waals surface area contributed by atoms with Crippen molar-refractivity contribution in [1.29, 1.82) is 0 Å². The molecule has 0 N–H and O–H groups in total. The SMILES string of the molecule is C=CCCCCCOc1cc(C)c(S(=O)(=O)Cl)c(C)c1. The van der Waals surface area contributed by atoms with E-state index in [-0.39, 0.29) is 4.90 Å². The molecular formula is C15H21ClO3S. The molecule has 0 aliphatic carbocycles. The molecule has 0 fully saturated rings. The summed E-state index contributed by atoms with van der Waals surface area (Å²) in [5.74, 6) is 0.688. The van der Waals surface area contributed by atoms with Crippen LogP contribution in [-0.4, -0.2) is 15.0 Å². The third-order valence-electron chi connectivity index (χ3n) is 3.00. The predicted molar refractivity (Wildman–Crippen MR) is 83.1 cm³/mol. The van der Waals surface area contributed by atoms with Gasteiger partial charge in [0.05, 0.1) is 11.5 Å². The highest BCUT2D eigenvalue weighted by atomic mass is 35.7. The van der Waals surface area contributed by atoms with E-state index >= 15 is 0 Å². The van der Waals surface area contributed by atoms with E-state index in [0.717, 1.165) is 25.7 Å². The van der Waals surface area contributed by atoms with Gasteiger partial charge in [-0.1, -0.05) is 6.08 Å². The van der Waals surface area contributed by atoms with Crippen molar-refractivity contribution in [3.63, 3.8) is 0 Å². The molecule has 1 rings (SSSR count). The zero-order chi connectivity index (χ0) is 15.2. The number of halogens is 1. The van der Waals surface area contributed by atoms with Crippen LogP contribution < -0.4 is 4.74 Å². The fourth-order valence-electron chi connectivity index (χ4n) is 2.14. The van der Waals surface area contributed by atoms with Crippen molar-refractivity contribution in [2.75, 3.05) is 6.61 Å². The van der Waals surface area contributed by atoms with Gasteiger partial charge >= 0.3 is 0 Å². The monoisotopic (exact) mass is 316 g/mol. The Morgan fingerprint density at radius 2 is 1.80 bits per heavy atom. The smallest absolute Gasteiger partial charge is 0.261 e. The second-order valence-electron chi connectivity index (χ2n) is 4.81. The average Bonchev–Trinajstić information content (AvgIpc) is 2.31. The van der Waals surface area contributed by atoms with Crippen molar-refractivity contribution in [2.24, 2.45) is 0 Å². The van der Waals surface area contributed by atoms with Crippen LogP contribution in [0.1, 0.15) is 36.8 Å². The summed E-state index contributed by atoms with van der Waals surface area (Å²) in [6.45, 7) is 7.75. The van der Waals surface area contributed by atoms with Crippen LogP contribution in [0, 0.1) is 13.8 Å². The molecule has 20 heavy (non-hydrogen) atoms. The molecular weight excluding hydrogens is 296 g/mol. The van der Waals surface area contributed by atoms with Gasteiger partial charge < -0.3 is 4.74 Å². The minimum absolute atomic E-state index is 0.178. The summed E-state index contributed by atoms with van der Waals surface area (Å²) in [5.41, 5.74) is 1.23. The molecule has 1 aromatic rings. The Balaban J connectivity index is 2.64. The van der Waals surface area contributed by atoms with Gasteiger partial charge in [-0.05, 0) is 62.8 Å². The Morgan fingerprint density at radius 1 is 1.20 bits per heavy atom. The summed E-state index contributed by atoms with van der Waals surface area (Å²) in [6.07, 6.45) is 6.13. The minimum atomic E-state index is -3.71. The molecule has 5 heteroatoms. The Kier molecular flexibility index (Phi) is 6.56. The fourth-order valence-corrected chi connectivity index (χ4v) is 3.75. The van der Waals surface area contributed by atoms with Crippen molar-refractivity contribution >= 4 is 19.7 Å². The van der Waals surface area contributed by atoms with E-state index in [1.54, 1.807) is 26.0 Å². The minimum Gasteiger partial charge on any atom is -0.494 e. The van der Waals surface area contributed by atoms with E-state index < -0.39 is 9.05 Å². The number of hydrogen-bond donors (Lipinski definition) is 0. The van der Waals surface area contributed by atoms with Crippen LogP contribution in [0.3, 0.4) is 0 Å². The van der Waals surface area contributed by atoms with Crippen LogP contribution in [0.15, 0.2) is 29.7 Å². The van der Waals surface area contributed by atoms with Gasteiger partial charge in [0.15, 0.2) is 0 Å². The fraction of sp³-hybridized carbons (Fsp3) is 0.467. The molecule has 0 heterocycles. The lowest BCUT2D eigenvalue weighted by Gasteiger charge is -2.11. The number of aryl methyl sites for hydroxylation is 2. The molecule has 0 bridgehead atoms. The van der Waals surface area contributed by atoms with Crippen LogP contribution >= 0.6 is 10.7 Å². The van der Waals surface area contributed by atoms with E-state index in [4.69, 9.17) is 15.4 Å². The third kappa shape index (κ3) is 5.17. The lowest BCUT2D eigenvalue weighted by Crippen LogP contribution is -2.02. The number of benzene rings is 1. The highest BCUT2D eigenvalue weighted by Crippen LogP contribution is 2.28. The lowest BCUT2D eigenvalue weighted by atomic mass is 10.1. The molecule has 0 aliphatic rings. The number of unbranched alkanes of at least 4 members (excludes halogenated alkanes) is 3. The predicted octanol–water partition coefficient (Wildman–Crippen LogP) is 4.36. The van der Waals surface area contributed by atoms with Crippen LogP contribution in [0.25, 0.3) is 0 Å². The van der Waals surface area contributed by atoms with E-state index in [2.05, 4.69) is 6.58 Å². The molecule has 0 radical (unpaired) electrons. The maximum absolute atomic E-state index is 11.5. The molecule has 0 saturated heterocycles. The molecule has 0 aromatic heterocycles. The van der Waals surface area contributed by atoms with Crippen molar-refractivity contribution in [2.45, 2.75) is 44.4 Å². The Hall–Kier alpha value is -1.00. The number of hydrogen-bond acceptors (Lipinski definition) is 3.